The minimum atomic E-state index is -0.454. The fourth-order valence-electron chi connectivity index (χ4n) is 3.15. The molecule has 3 aromatic rings. The third-order valence-electron chi connectivity index (χ3n) is 4.27. The summed E-state index contributed by atoms with van der Waals surface area (Å²) in [4.78, 5) is 28.5. The summed E-state index contributed by atoms with van der Waals surface area (Å²) in [6, 6.07) is 11.4. The fraction of sp³-hybridized carbons (Fsp3) is 0.238. The van der Waals surface area contributed by atoms with Crippen molar-refractivity contribution >= 4 is 35.0 Å². The Labute approximate surface area is 177 Å². The highest BCUT2D eigenvalue weighted by atomic mass is 35.5. The predicted molar refractivity (Wildman–Crippen MR) is 116 cm³/mol. The zero-order valence-electron chi connectivity index (χ0n) is 15.8. The summed E-state index contributed by atoms with van der Waals surface area (Å²) >= 11 is 13.6. The third-order valence-corrected chi connectivity index (χ3v) is 5.84. The predicted octanol–water partition coefficient (Wildman–Crippen LogP) is 5.22. The summed E-state index contributed by atoms with van der Waals surface area (Å²) in [5.41, 5.74) is 2.82. The lowest BCUT2D eigenvalue weighted by atomic mass is 10.2. The van der Waals surface area contributed by atoms with Crippen molar-refractivity contribution in [3.05, 3.63) is 89.5 Å². The molecule has 7 heteroatoms. The first-order chi connectivity index (χ1) is 13.3. The molecule has 0 bridgehead atoms. The monoisotopic (exact) mass is 434 g/mol. The van der Waals surface area contributed by atoms with Crippen LogP contribution in [0.4, 0.5) is 0 Å². The van der Waals surface area contributed by atoms with Crippen LogP contribution in [-0.4, -0.2) is 9.55 Å². The highest BCUT2D eigenvalue weighted by molar-refractivity contribution is 7.99. The van der Waals surface area contributed by atoms with E-state index in [0.29, 0.717) is 27.1 Å². The van der Waals surface area contributed by atoms with Gasteiger partial charge in [-0.2, -0.15) is 0 Å². The Morgan fingerprint density at radius 1 is 0.964 bits per heavy atom. The fourth-order valence-corrected chi connectivity index (χ4v) is 5.05. The number of H-pyrrole nitrogens is 1. The number of hydrogen-bond acceptors (Lipinski definition) is 3. The summed E-state index contributed by atoms with van der Waals surface area (Å²) in [5.74, 6) is 0. The van der Waals surface area contributed by atoms with Gasteiger partial charge in [0, 0.05) is 20.5 Å². The van der Waals surface area contributed by atoms with E-state index in [2.05, 4.69) is 11.1 Å². The van der Waals surface area contributed by atoms with Crippen molar-refractivity contribution in [2.45, 2.75) is 43.7 Å². The second-order valence-electron chi connectivity index (χ2n) is 6.69. The van der Waals surface area contributed by atoms with Crippen molar-refractivity contribution in [2.24, 2.45) is 0 Å². The van der Waals surface area contributed by atoms with E-state index in [1.54, 1.807) is 22.8 Å². The molecule has 0 saturated heterocycles. The molecule has 146 valence electrons. The topological polar surface area (TPSA) is 54.9 Å². The van der Waals surface area contributed by atoms with Crippen LogP contribution in [0.15, 0.2) is 55.9 Å². The number of aromatic nitrogens is 2. The van der Waals surface area contributed by atoms with Crippen LogP contribution < -0.4 is 11.2 Å². The molecule has 0 aliphatic rings. The lowest BCUT2D eigenvalue weighted by molar-refractivity contribution is 0.634. The standard InChI is InChI=1S/C21H20Cl2N2O2S/c1-4-18-19(26)24-21(27)25(11-14-8-15(22)10-16(23)9-14)20(18)28-17-6-12(2)5-13(3)7-17/h5-10H,4,11H2,1-3H3,(H,24,26,27). The SMILES string of the molecule is CCc1c(Sc2cc(C)cc(C)c2)n(Cc2cc(Cl)cc(Cl)c2)c(=O)[nH]c1=O. The van der Waals surface area contributed by atoms with E-state index < -0.39 is 5.69 Å². The van der Waals surface area contributed by atoms with Crippen molar-refractivity contribution in [3.63, 3.8) is 0 Å². The number of nitrogens with one attached hydrogen (secondary N) is 1. The second kappa shape index (κ2) is 8.60. The Hall–Kier alpha value is -1.95. The van der Waals surface area contributed by atoms with E-state index in [-0.39, 0.29) is 12.1 Å². The molecule has 3 rings (SSSR count). The Balaban J connectivity index is 2.15. The van der Waals surface area contributed by atoms with Gasteiger partial charge in [0.05, 0.1) is 11.6 Å². The van der Waals surface area contributed by atoms with Crippen LogP contribution >= 0.6 is 35.0 Å². The van der Waals surface area contributed by atoms with Gasteiger partial charge < -0.3 is 0 Å². The second-order valence-corrected chi connectivity index (χ2v) is 8.62. The first-order valence-electron chi connectivity index (χ1n) is 8.84. The van der Waals surface area contributed by atoms with Gasteiger partial charge in [0.25, 0.3) is 5.56 Å². The molecule has 0 unspecified atom stereocenters. The van der Waals surface area contributed by atoms with Crippen LogP contribution in [0.3, 0.4) is 0 Å². The number of hydrogen-bond donors (Lipinski definition) is 1. The highest BCUT2D eigenvalue weighted by Gasteiger charge is 2.16. The molecule has 0 aliphatic carbocycles. The van der Waals surface area contributed by atoms with Crippen molar-refractivity contribution in [2.75, 3.05) is 0 Å². The summed E-state index contributed by atoms with van der Waals surface area (Å²) in [5, 5.41) is 1.63. The Morgan fingerprint density at radius 2 is 1.57 bits per heavy atom. The van der Waals surface area contributed by atoms with Gasteiger partial charge in [-0.25, -0.2) is 4.79 Å². The molecule has 0 fully saturated rings. The van der Waals surface area contributed by atoms with Crippen molar-refractivity contribution < 1.29 is 0 Å². The maximum atomic E-state index is 12.7. The smallest absolute Gasteiger partial charge is 0.283 e. The molecule has 1 N–H and O–H groups in total. The molecule has 0 saturated carbocycles. The number of aryl methyl sites for hydroxylation is 2. The third kappa shape index (κ3) is 4.72. The van der Waals surface area contributed by atoms with Crippen LogP contribution in [0.1, 0.15) is 29.2 Å². The number of halogens is 2. The van der Waals surface area contributed by atoms with Crippen molar-refractivity contribution in [1.29, 1.82) is 0 Å². The molecule has 4 nitrogen and oxygen atoms in total. The molecule has 1 heterocycles. The van der Waals surface area contributed by atoms with Gasteiger partial charge >= 0.3 is 5.69 Å². The summed E-state index contributed by atoms with van der Waals surface area (Å²) < 4.78 is 1.57. The van der Waals surface area contributed by atoms with Gasteiger partial charge in [0.2, 0.25) is 0 Å². The highest BCUT2D eigenvalue weighted by Crippen LogP contribution is 2.31. The molecule has 28 heavy (non-hydrogen) atoms. The minimum Gasteiger partial charge on any atom is -0.283 e. The van der Waals surface area contributed by atoms with Crippen LogP contribution in [0.25, 0.3) is 0 Å². The van der Waals surface area contributed by atoms with Crippen molar-refractivity contribution in [3.8, 4) is 0 Å². The maximum absolute atomic E-state index is 12.7. The largest absolute Gasteiger partial charge is 0.329 e. The van der Waals surface area contributed by atoms with Crippen molar-refractivity contribution in [1.82, 2.24) is 9.55 Å². The zero-order valence-corrected chi connectivity index (χ0v) is 18.1. The van der Waals surface area contributed by atoms with E-state index >= 15 is 0 Å². The van der Waals surface area contributed by atoms with Gasteiger partial charge in [-0.05, 0) is 67.3 Å². The summed E-state index contributed by atoms with van der Waals surface area (Å²) in [6.45, 7) is 6.21. The van der Waals surface area contributed by atoms with E-state index in [4.69, 9.17) is 23.2 Å². The zero-order chi connectivity index (χ0) is 20.4. The van der Waals surface area contributed by atoms with E-state index in [1.165, 1.54) is 11.8 Å². The first-order valence-corrected chi connectivity index (χ1v) is 10.4. The van der Waals surface area contributed by atoms with Crippen LogP contribution in [0, 0.1) is 13.8 Å². The number of nitrogens with zero attached hydrogens (tertiary/aromatic N) is 1. The first kappa shape index (κ1) is 20.8. The lowest BCUT2D eigenvalue weighted by Crippen LogP contribution is -2.34. The average molecular weight is 435 g/mol. The average Bonchev–Trinajstić information content (AvgIpc) is 2.56. The van der Waals surface area contributed by atoms with Crippen LogP contribution in [0.5, 0.6) is 0 Å². The number of rotatable bonds is 5. The molecule has 1 aromatic heterocycles. The van der Waals surface area contributed by atoms with Crippen LogP contribution in [-0.2, 0) is 13.0 Å². The number of benzene rings is 2. The summed E-state index contributed by atoms with van der Waals surface area (Å²) in [6.07, 6.45) is 0.513. The Kier molecular flexibility index (Phi) is 6.38. The van der Waals surface area contributed by atoms with Gasteiger partial charge in [-0.15, -0.1) is 0 Å². The van der Waals surface area contributed by atoms with Gasteiger partial charge in [0.15, 0.2) is 0 Å². The van der Waals surface area contributed by atoms with E-state index in [9.17, 15) is 9.59 Å². The maximum Gasteiger partial charge on any atom is 0.329 e. The lowest BCUT2D eigenvalue weighted by Gasteiger charge is -2.16. The Bertz CT molecular complexity index is 1110. The van der Waals surface area contributed by atoms with E-state index in [1.807, 2.05) is 32.9 Å². The molecular weight excluding hydrogens is 415 g/mol. The molecule has 0 atom stereocenters. The summed E-state index contributed by atoms with van der Waals surface area (Å²) in [7, 11) is 0. The quantitative estimate of drug-likeness (QED) is 0.559. The molecule has 2 aromatic carbocycles. The molecule has 0 aliphatic heterocycles. The Morgan fingerprint density at radius 3 is 2.14 bits per heavy atom. The number of aromatic amines is 1. The van der Waals surface area contributed by atoms with Gasteiger partial charge in [0.1, 0.15) is 0 Å². The minimum absolute atomic E-state index is 0.260. The molecule has 0 amide bonds. The normalized spacial score (nSPS) is 11.0. The van der Waals surface area contributed by atoms with Crippen LogP contribution in [0.2, 0.25) is 10.0 Å². The molecule has 0 spiro atoms. The van der Waals surface area contributed by atoms with Gasteiger partial charge in [-0.3, -0.25) is 14.3 Å². The molecular formula is C21H20Cl2N2O2S. The van der Waals surface area contributed by atoms with E-state index in [0.717, 1.165) is 21.6 Å². The molecule has 0 radical (unpaired) electrons. The van der Waals surface area contributed by atoms with Gasteiger partial charge in [-0.1, -0.05) is 48.0 Å².